The summed E-state index contributed by atoms with van der Waals surface area (Å²) in [6.45, 7) is 5.94. The second-order valence-corrected chi connectivity index (χ2v) is 7.28. The molecule has 1 atom stereocenters. The van der Waals surface area contributed by atoms with Gasteiger partial charge in [0.2, 0.25) is 0 Å². The first-order valence-corrected chi connectivity index (χ1v) is 9.23. The molecule has 2 aliphatic rings. The van der Waals surface area contributed by atoms with Crippen molar-refractivity contribution >= 4 is 17.2 Å². The highest BCUT2D eigenvalue weighted by molar-refractivity contribution is 7.16. The number of pyridine rings is 1. The van der Waals surface area contributed by atoms with Gasteiger partial charge < -0.3 is 10.2 Å². The number of aromatic nitrogens is 2. The molecule has 4 heterocycles. The SMILES string of the molecule is O=C(c1cnc(-c2ccncc2)s1)N1CCC(N2CCNCC2)C1. The topological polar surface area (TPSA) is 61.4 Å². The van der Waals surface area contributed by atoms with E-state index < -0.39 is 0 Å². The van der Waals surface area contributed by atoms with Crippen LogP contribution in [0.4, 0.5) is 0 Å². The summed E-state index contributed by atoms with van der Waals surface area (Å²) in [4.78, 5) is 26.4. The van der Waals surface area contributed by atoms with Crippen LogP contribution in [0.1, 0.15) is 16.1 Å². The molecule has 0 spiro atoms. The Bertz CT molecular complexity index is 698. The molecular weight excluding hydrogens is 322 g/mol. The van der Waals surface area contributed by atoms with Gasteiger partial charge in [-0.3, -0.25) is 14.7 Å². The third-order valence-corrected chi connectivity index (χ3v) is 5.80. The van der Waals surface area contributed by atoms with Gasteiger partial charge >= 0.3 is 0 Å². The number of thiazole rings is 1. The molecule has 1 unspecified atom stereocenters. The lowest BCUT2D eigenvalue weighted by atomic mass is 10.2. The van der Waals surface area contributed by atoms with Crippen LogP contribution < -0.4 is 5.32 Å². The predicted octanol–water partition coefficient (Wildman–Crippen LogP) is 1.32. The first-order chi connectivity index (χ1) is 11.8. The number of nitrogens with zero attached hydrogens (tertiary/aromatic N) is 4. The Morgan fingerprint density at radius 3 is 2.79 bits per heavy atom. The summed E-state index contributed by atoms with van der Waals surface area (Å²) in [6, 6.07) is 4.34. The number of nitrogens with one attached hydrogen (secondary N) is 1. The Hall–Kier alpha value is -1.83. The van der Waals surface area contributed by atoms with Crippen LogP contribution in [0.2, 0.25) is 0 Å². The summed E-state index contributed by atoms with van der Waals surface area (Å²) < 4.78 is 0. The Labute approximate surface area is 145 Å². The minimum absolute atomic E-state index is 0.116. The van der Waals surface area contributed by atoms with E-state index in [1.54, 1.807) is 18.6 Å². The van der Waals surface area contributed by atoms with Gasteiger partial charge in [-0.25, -0.2) is 4.98 Å². The van der Waals surface area contributed by atoms with Crippen molar-refractivity contribution in [3.05, 3.63) is 35.6 Å². The number of rotatable bonds is 3. The third kappa shape index (κ3) is 3.19. The van der Waals surface area contributed by atoms with Crippen LogP contribution in [-0.4, -0.2) is 71.0 Å². The summed E-state index contributed by atoms with van der Waals surface area (Å²) in [5.74, 6) is 0.116. The quantitative estimate of drug-likeness (QED) is 0.911. The van der Waals surface area contributed by atoms with Crippen LogP contribution in [0.15, 0.2) is 30.7 Å². The van der Waals surface area contributed by atoms with Gasteiger partial charge in [0.25, 0.3) is 5.91 Å². The number of piperazine rings is 1. The zero-order valence-electron chi connectivity index (χ0n) is 13.5. The molecular formula is C17H21N5OS. The van der Waals surface area contributed by atoms with Crippen LogP contribution in [0.3, 0.4) is 0 Å². The van der Waals surface area contributed by atoms with Crippen LogP contribution in [0.5, 0.6) is 0 Å². The fourth-order valence-electron chi connectivity index (χ4n) is 3.43. The van der Waals surface area contributed by atoms with Gasteiger partial charge in [-0.15, -0.1) is 11.3 Å². The largest absolute Gasteiger partial charge is 0.336 e. The summed E-state index contributed by atoms with van der Waals surface area (Å²) in [7, 11) is 0. The smallest absolute Gasteiger partial charge is 0.265 e. The van der Waals surface area contributed by atoms with E-state index in [0.717, 1.165) is 61.1 Å². The summed E-state index contributed by atoms with van der Waals surface area (Å²) in [6.07, 6.45) is 6.27. The maximum absolute atomic E-state index is 12.8. The lowest BCUT2D eigenvalue weighted by molar-refractivity contribution is 0.0778. The number of likely N-dealkylation sites (tertiary alicyclic amines) is 1. The average molecular weight is 343 g/mol. The van der Waals surface area contributed by atoms with Crippen molar-refractivity contribution in [2.24, 2.45) is 0 Å². The van der Waals surface area contributed by atoms with E-state index in [9.17, 15) is 4.79 Å². The van der Waals surface area contributed by atoms with Gasteiger partial charge in [0.05, 0.1) is 6.20 Å². The van der Waals surface area contributed by atoms with Gasteiger partial charge in [0.1, 0.15) is 9.88 Å². The first-order valence-electron chi connectivity index (χ1n) is 8.41. The van der Waals surface area contributed by atoms with Crippen LogP contribution in [-0.2, 0) is 0 Å². The molecule has 0 radical (unpaired) electrons. The molecule has 0 saturated carbocycles. The zero-order chi connectivity index (χ0) is 16.4. The molecule has 2 aliphatic heterocycles. The van der Waals surface area contributed by atoms with Gasteiger partial charge in [-0.2, -0.15) is 0 Å². The molecule has 2 fully saturated rings. The lowest BCUT2D eigenvalue weighted by Gasteiger charge is -2.32. The van der Waals surface area contributed by atoms with Crippen molar-refractivity contribution in [2.75, 3.05) is 39.3 Å². The van der Waals surface area contributed by atoms with E-state index >= 15 is 0 Å². The fraction of sp³-hybridized carbons (Fsp3) is 0.471. The highest BCUT2D eigenvalue weighted by atomic mass is 32.1. The number of hydrogen-bond acceptors (Lipinski definition) is 6. The average Bonchev–Trinajstić information content (AvgIpc) is 3.33. The van der Waals surface area contributed by atoms with E-state index in [2.05, 4.69) is 20.2 Å². The van der Waals surface area contributed by atoms with Crippen LogP contribution in [0, 0.1) is 0 Å². The van der Waals surface area contributed by atoms with Crippen molar-refractivity contribution in [1.82, 2.24) is 25.1 Å². The van der Waals surface area contributed by atoms with E-state index in [-0.39, 0.29) is 5.91 Å². The second kappa shape index (κ2) is 6.96. The number of carbonyl (C=O) groups excluding carboxylic acids is 1. The highest BCUT2D eigenvalue weighted by Gasteiger charge is 2.32. The van der Waals surface area contributed by atoms with Crippen molar-refractivity contribution in [2.45, 2.75) is 12.5 Å². The standard InChI is InChI=1S/C17H21N5OS/c23-17(15-11-20-16(24-15)13-1-4-18-5-2-13)22-8-3-14(12-22)21-9-6-19-7-10-21/h1-2,4-5,11,14,19H,3,6-10,12H2. The summed E-state index contributed by atoms with van der Waals surface area (Å²) in [5, 5.41) is 4.26. The molecule has 6 nitrogen and oxygen atoms in total. The van der Waals surface area contributed by atoms with Crippen LogP contribution in [0.25, 0.3) is 10.6 Å². The Balaban J connectivity index is 1.42. The van der Waals surface area contributed by atoms with E-state index in [0.29, 0.717) is 6.04 Å². The summed E-state index contributed by atoms with van der Waals surface area (Å²) in [5.41, 5.74) is 1.01. The highest BCUT2D eigenvalue weighted by Crippen LogP contribution is 2.27. The molecule has 0 aromatic carbocycles. The minimum atomic E-state index is 0.116. The number of amides is 1. The van der Waals surface area contributed by atoms with Gasteiger partial charge in [0, 0.05) is 63.3 Å². The van der Waals surface area contributed by atoms with Crippen molar-refractivity contribution in [3.63, 3.8) is 0 Å². The number of carbonyl (C=O) groups is 1. The molecule has 0 bridgehead atoms. The van der Waals surface area contributed by atoms with E-state index in [1.807, 2.05) is 17.0 Å². The van der Waals surface area contributed by atoms with E-state index in [4.69, 9.17) is 0 Å². The maximum atomic E-state index is 12.8. The summed E-state index contributed by atoms with van der Waals surface area (Å²) >= 11 is 1.46. The van der Waals surface area contributed by atoms with Gasteiger partial charge in [0.15, 0.2) is 0 Å². The lowest BCUT2D eigenvalue weighted by Crippen LogP contribution is -2.49. The number of hydrogen-bond donors (Lipinski definition) is 1. The van der Waals surface area contributed by atoms with Crippen molar-refractivity contribution in [1.29, 1.82) is 0 Å². The molecule has 0 aliphatic carbocycles. The third-order valence-electron chi connectivity index (χ3n) is 4.76. The molecule has 2 aromatic heterocycles. The Morgan fingerprint density at radius 2 is 2.00 bits per heavy atom. The van der Waals surface area contributed by atoms with Gasteiger partial charge in [-0.1, -0.05) is 0 Å². The Morgan fingerprint density at radius 1 is 1.21 bits per heavy atom. The molecule has 2 saturated heterocycles. The fourth-order valence-corrected chi connectivity index (χ4v) is 4.32. The first kappa shape index (κ1) is 15.7. The predicted molar refractivity (Wildman–Crippen MR) is 94.1 cm³/mol. The molecule has 2 aromatic rings. The minimum Gasteiger partial charge on any atom is -0.336 e. The second-order valence-electron chi connectivity index (χ2n) is 6.25. The van der Waals surface area contributed by atoms with Crippen molar-refractivity contribution < 1.29 is 4.79 Å². The van der Waals surface area contributed by atoms with E-state index in [1.165, 1.54) is 11.3 Å². The zero-order valence-corrected chi connectivity index (χ0v) is 14.3. The van der Waals surface area contributed by atoms with Gasteiger partial charge in [-0.05, 0) is 18.6 Å². The molecule has 1 N–H and O–H groups in total. The monoisotopic (exact) mass is 343 g/mol. The van der Waals surface area contributed by atoms with Crippen LogP contribution >= 0.6 is 11.3 Å². The Kier molecular flexibility index (Phi) is 4.55. The molecule has 4 rings (SSSR count). The van der Waals surface area contributed by atoms with Crippen molar-refractivity contribution in [3.8, 4) is 10.6 Å². The maximum Gasteiger partial charge on any atom is 0.265 e. The molecule has 1 amide bonds. The molecule has 7 heteroatoms. The normalized spacial score (nSPS) is 22.0. The molecule has 24 heavy (non-hydrogen) atoms. The molecule has 126 valence electrons.